The van der Waals surface area contributed by atoms with Crippen LogP contribution in [-0.4, -0.2) is 25.2 Å². The van der Waals surface area contributed by atoms with Crippen LogP contribution in [0.3, 0.4) is 0 Å². The van der Waals surface area contributed by atoms with Crippen molar-refractivity contribution in [3.8, 4) is 0 Å². The fourth-order valence-electron chi connectivity index (χ4n) is 1.89. The molecule has 1 N–H and O–H groups in total. The Labute approximate surface area is 120 Å². The second kappa shape index (κ2) is 7.24. The molecule has 0 atom stereocenters. The Hall–Kier alpha value is -1.62. The van der Waals surface area contributed by atoms with E-state index in [0.29, 0.717) is 4.90 Å². The normalized spacial score (nSPS) is 12.4. The summed E-state index contributed by atoms with van der Waals surface area (Å²) in [6.07, 6.45) is 3.34. The first kappa shape index (κ1) is 16.4. The summed E-state index contributed by atoms with van der Waals surface area (Å²) < 4.78 is 23.5. The Kier molecular flexibility index (Phi) is 5.95. The van der Waals surface area contributed by atoms with Gasteiger partial charge in [-0.25, -0.2) is 8.42 Å². The summed E-state index contributed by atoms with van der Waals surface area (Å²) in [7, 11) is -3.19. The number of rotatable bonds is 7. The second-order valence-corrected chi connectivity index (χ2v) is 6.78. The Balaban J connectivity index is 3.05. The number of carboxylic acid groups (broad SMARTS) is 1. The molecule has 0 unspecified atom stereocenters. The van der Waals surface area contributed by atoms with E-state index in [1.54, 1.807) is 37.3 Å². The number of aliphatic carboxylic acids is 1. The highest BCUT2D eigenvalue weighted by Crippen LogP contribution is 2.22. The Morgan fingerprint density at radius 1 is 1.20 bits per heavy atom. The van der Waals surface area contributed by atoms with Crippen LogP contribution < -0.4 is 0 Å². The summed E-state index contributed by atoms with van der Waals surface area (Å²) in [6.45, 7) is 3.63. The molecule has 0 aromatic heterocycles. The van der Waals surface area contributed by atoms with Crippen LogP contribution in [-0.2, 0) is 14.6 Å². The van der Waals surface area contributed by atoms with Gasteiger partial charge in [-0.1, -0.05) is 38.5 Å². The second-order valence-electron chi connectivity index (χ2n) is 4.51. The fraction of sp³-hybridized carbons (Fsp3) is 0.400. The first-order chi connectivity index (χ1) is 9.40. The quantitative estimate of drug-likeness (QED) is 0.839. The van der Waals surface area contributed by atoms with Gasteiger partial charge in [0.05, 0.1) is 17.1 Å². The smallest absolute Gasteiger partial charge is 0.307 e. The topological polar surface area (TPSA) is 71.4 Å². The molecule has 0 aliphatic rings. The van der Waals surface area contributed by atoms with Crippen LogP contribution in [0.1, 0.15) is 38.7 Å². The molecule has 0 saturated carbocycles. The van der Waals surface area contributed by atoms with Gasteiger partial charge in [0.25, 0.3) is 0 Å². The lowest BCUT2D eigenvalue weighted by Crippen LogP contribution is -2.03. The molecular formula is C15H20O4S. The lowest BCUT2D eigenvalue weighted by Gasteiger charge is -2.08. The van der Waals surface area contributed by atoms with E-state index in [4.69, 9.17) is 5.11 Å². The molecule has 1 aromatic carbocycles. The monoisotopic (exact) mass is 296 g/mol. The van der Waals surface area contributed by atoms with Gasteiger partial charge in [0.2, 0.25) is 0 Å². The van der Waals surface area contributed by atoms with Crippen molar-refractivity contribution in [2.75, 3.05) is 5.75 Å². The zero-order chi connectivity index (χ0) is 15.2. The number of carbonyl (C=O) groups is 1. The first-order valence-electron chi connectivity index (χ1n) is 6.64. The predicted molar refractivity (Wildman–Crippen MR) is 79.3 cm³/mol. The third-order valence-corrected chi connectivity index (χ3v) is 4.76. The summed E-state index contributed by atoms with van der Waals surface area (Å²) in [5, 5.41) is 8.74. The highest BCUT2D eigenvalue weighted by atomic mass is 32.2. The molecule has 0 saturated heterocycles. The van der Waals surface area contributed by atoms with E-state index in [2.05, 4.69) is 0 Å². The van der Waals surface area contributed by atoms with Crippen molar-refractivity contribution in [3.05, 3.63) is 35.9 Å². The molecule has 4 nitrogen and oxygen atoms in total. The Morgan fingerprint density at radius 2 is 1.80 bits per heavy atom. The Bertz CT molecular complexity index is 583. The zero-order valence-electron chi connectivity index (χ0n) is 11.8. The molecule has 0 bridgehead atoms. The van der Waals surface area contributed by atoms with Gasteiger partial charge in [-0.2, -0.15) is 0 Å². The maximum Gasteiger partial charge on any atom is 0.307 e. The molecule has 1 rings (SSSR count). The molecule has 110 valence electrons. The van der Waals surface area contributed by atoms with Crippen LogP contribution in [0.25, 0.3) is 5.57 Å². The molecule has 0 heterocycles. The van der Waals surface area contributed by atoms with Crippen molar-refractivity contribution in [1.82, 2.24) is 0 Å². The molecule has 20 heavy (non-hydrogen) atoms. The third kappa shape index (κ3) is 4.49. The molecule has 5 heteroatoms. The molecular weight excluding hydrogens is 276 g/mol. The van der Waals surface area contributed by atoms with Crippen LogP contribution in [0.4, 0.5) is 0 Å². The average molecular weight is 296 g/mol. The summed E-state index contributed by atoms with van der Waals surface area (Å²) in [5.74, 6) is -0.799. The number of allylic oxidation sites excluding steroid dienone is 1. The van der Waals surface area contributed by atoms with Gasteiger partial charge >= 0.3 is 5.97 Å². The highest BCUT2D eigenvalue weighted by molar-refractivity contribution is 7.91. The SMILES string of the molecule is CCC/C(=C\CC(=O)O)c1ccc(S(=O)(=O)CC)cc1. The van der Waals surface area contributed by atoms with Crippen molar-refractivity contribution in [2.24, 2.45) is 0 Å². The fourth-order valence-corrected chi connectivity index (χ4v) is 2.77. The van der Waals surface area contributed by atoms with E-state index >= 15 is 0 Å². The summed E-state index contributed by atoms with van der Waals surface area (Å²) in [6, 6.07) is 6.65. The maximum atomic E-state index is 11.7. The average Bonchev–Trinajstić information content (AvgIpc) is 2.43. The van der Waals surface area contributed by atoms with E-state index < -0.39 is 15.8 Å². The number of hydrogen-bond acceptors (Lipinski definition) is 3. The summed E-state index contributed by atoms with van der Waals surface area (Å²) in [5.41, 5.74) is 1.82. The minimum atomic E-state index is -3.19. The predicted octanol–water partition coefficient (Wildman–Crippen LogP) is 3.14. The van der Waals surface area contributed by atoms with Crippen LogP contribution in [0.5, 0.6) is 0 Å². The van der Waals surface area contributed by atoms with Gasteiger partial charge in [0, 0.05) is 0 Å². The molecule has 0 aliphatic carbocycles. The van der Waals surface area contributed by atoms with Crippen molar-refractivity contribution in [3.63, 3.8) is 0 Å². The molecule has 0 spiro atoms. The lowest BCUT2D eigenvalue weighted by molar-refractivity contribution is -0.135. The van der Waals surface area contributed by atoms with Crippen molar-refractivity contribution >= 4 is 21.4 Å². The zero-order valence-corrected chi connectivity index (χ0v) is 12.6. The van der Waals surface area contributed by atoms with E-state index in [0.717, 1.165) is 24.0 Å². The van der Waals surface area contributed by atoms with Gasteiger partial charge in [-0.15, -0.1) is 0 Å². The van der Waals surface area contributed by atoms with Crippen molar-refractivity contribution in [2.45, 2.75) is 38.0 Å². The summed E-state index contributed by atoms with van der Waals surface area (Å²) in [4.78, 5) is 10.9. The van der Waals surface area contributed by atoms with Crippen LogP contribution in [0.2, 0.25) is 0 Å². The van der Waals surface area contributed by atoms with E-state index in [-0.39, 0.29) is 12.2 Å². The van der Waals surface area contributed by atoms with E-state index in [1.165, 1.54) is 0 Å². The summed E-state index contributed by atoms with van der Waals surface area (Å²) >= 11 is 0. The number of benzene rings is 1. The molecule has 0 aliphatic heterocycles. The van der Waals surface area contributed by atoms with E-state index in [1.807, 2.05) is 6.92 Å². The minimum Gasteiger partial charge on any atom is -0.481 e. The van der Waals surface area contributed by atoms with Gasteiger partial charge < -0.3 is 5.11 Å². The number of carboxylic acids is 1. The molecule has 1 aromatic rings. The van der Waals surface area contributed by atoms with Crippen LogP contribution in [0.15, 0.2) is 35.2 Å². The van der Waals surface area contributed by atoms with Crippen LogP contribution >= 0.6 is 0 Å². The molecule has 0 amide bonds. The van der Waals surface area contributed by atoms with Gasteiger partial charge in [0.15, 0.2) is 9.84 Å². The number of sulfone groups is 1. The Morgan fingerprint density at radius 3 is 2.25 bits per heavy atom. The van der Waals surface area contributed by atoms with Gasteiger partial charge in [0.1, 0.15) is 0 Å². The maximum absolute atomic E-state index is 11.7. The molecule has 0 radical (unpaired) electrons. The van der Waals surface area contributed by atoms with Gasteiger partial charge in [-0.05, 0) is 29.7 Å². The largest absolute Gasteiger partial charge is 0.481 e. The van der Waals surface area contributed by atoms with Crippen molar-refractivity contribution in [1.29, 1.82) is 0 Å². The van der Waals surface area contributed by atoms with E-state index in [9.17, 15) is 13.2 Å². The first-order valence-corrected chi connectivity index (χ1v) is 8.30. The number of hydrogen-bond donors (Lipinski definition) is 1. The molecule has 0 fully saturated rings. The third-order valence-electron chi connectivity index (χ3n) is 3.01. The van der Waals surface area contributed by atoms with Gasteiger partial charge in [-0.3, -0.25) is 4.79 Å². The van der Waals surface area contributed by atoms with Crippen LogP contribution in [0, 0.1) is 0 Å². The highest BCUT2D eigenvalue weighted by Gasteiger charge is 2.11. The standard InChI is InChI=1S/C15H20O4S/c1-3-5-12(8-11-15(16)17)13-6-9-14(10-7-13)20(18,19)4-2/h6-10H,3-5,11H2,1-2H3,(H,16,17)/b12-8+. The lowest BCUT2D eigenvalue weighted by atomic mass is 10.0. The van der Waals surface area contributed by atoms with Crippen molar-refractivity contribution < 1.29 is 18.3 Å². The minimum absolute atomic E-state index is 0.0235.